The molecule has 30 heavy (non-hydrogen) atoms. The van der Waals surface area contributed by atoms with Crippen LogP contribution in [-0.4, -0.2) is 36.2 Å². The van der Waals surface area contributed by atoms with Gasteiger partial charge in [-0.3, -0.25) is 0 Å². The van der Waals surface area contributed by atoms with Gasteiger partial charge in [0.1, 0.15) is 0 Å². The summed E-state index contributed by atoms with van der Waals surface area (Å²) in [4.78, 5) is 14.4. The number of sulfone groups is 1. The monoisotopic (exact) mass is 482 g/mol. The summed E-state index contributed by atoms with van der Waals surface area (Å²) in [6.07, 6.45) is 4.35. The third-order valence-corrected chi connectivity index (χ3v) is 8.66. The molecular weight excluding hydrogens is 463 g/mol. The summed E-state index contributed by atoms with van der Waals surface area (Å²) in [5.74, 6) is 0.916. The van der Waals surface area contributed by atoms with E-state index in [1.165, 1.54) is 6.07 Å². The Morgan fingerprint density at radius 2 is 2.00 bits per heavy atom. The maximum absolute atomic E-state index is 12.8. The number of halogens is 2. The number of rotatable bonds is 7. The highest BCUT2D eigenvalue weighted by molar-refractivity contribution is 7.91. The maximum atomic E-state index is 12.8. The van der Waals surface area contributed by atoms with Crippen molar-refractivity contribution in [3.05, 3.63) is 39.4 Å². The van der Waals surface area contributed by atoms with Gasteiger partial charge in [-0.25, -0.2) is 23.4 Å². The fourth-order valence-electron chi connectivity index (χ4n) is 3.14. The largest absolute Gasteiger partial charge is 0.357 e. The summed E-state index contributed by atoms with van der Waals surface area (Å²) in [5.41, 5.74) is 1.80. The van der Waals surface area contributed by atoms with Gasteiger partial charge in [-0.15, -0.1) is 11.3 Å². The lowest BCUT2D eigenvalue weighted by molar-refractivity contribution is 0.595. The first-order valence-electron chi connectivity index (χ1n) is 9.58. The SMILES string of the molecule is CCCS(=O)(=O)c1cc(Cl)cc(-c2nc(C3CC3)sc2-c2ccnc(NC)n2)c1Cl. The van der Waals surface area contributed by atoms with Gasteiger partial charge in [0.15, 0.2) is 9.84 Å². The van der Waals surface area contributed by atoms with Crippen LogP contribution >= 0.6 is 34.5 Å². The van der Waals surface area contributed by atoms with Crippen LogP contribution < -0.4 is 5.32 Å². The summed E-state index contributed by atoms with van der Waals surface area (Å²) in [5, 5.41) is 4.38. The molecule has 0 unspecified atom stereocenters. The Hall–Kier alpha value is -1.74. The van der Waals surface area contributed by atoms with Gasteiger partial charge in [0.2, 0.25) is 5.95 Å². The van der Waals surface area contributed by atoms with Crippen molar-refractivity contribution >= 4 is 50.3 Å². The molecule has 0 bridgehead atoms. The van der Waals surface area contributed by atoms with Crippen LogP contribution in [0, 0.1) is 0 Å². The average molecular weight is 483 g/mol. The fourth-order valence-corrected chi connectivity index (χ4v) is 6.64. The molecule has 2 aromatic heterocycles. The van der Waals surface area contributed by atoms with E-state index in [9.17, 15) is 8.42 Å². The summed E-state index contributed by atoms with van der Waals surface area (Å²) in [7, 11) is -1.80. The van der Waals surface area contributed by atoms with Gasteiger partial charge in [-0.1, -0.05) is 30.1 Å². The zero-order chi connectivity index (χ0) is 21.5. The van der Waals surface area contributed by atoms with Crippen LogP contribution in [0.1, 0.15) is 37.1 Å². The molecule has 3 aromatic rings. The molecule has 1 aliphatic rings. The Kier molecular flexibility index (Phi) is 6.03. The normalized spacial score (nSPS) is 14.1. The molecular formula is C20H20Cl2N4O2S2. The van der Waals surface area contributed by atoms with Gasteiger partial charge in [0.05, 0.1) is 36.9 Å². The first-order chi connectivity index (χ1) is 14.3. The van der Waals surface area contributed by atoms with E-state index in [0.717, 1.165) is 22.7 Å². The second-order valence-electron chi connectivity index (χ2n) is 7.10. The molecule has 1 N–H and O–H groups in total. The molecule has 1 fully saturated rings. The number of thiazole rings is 1. The van der Waals surface area contributed by atoms with Crippen LogP contribution in [0.25, 0.3) is 21.8 Å². The minimum atomic E-state index is -3.56. The minimum absolute atomic E-state index is 0.00118. The number of benzene rings is 1. The molecule has 1 aromatic carbocycles. The Balaban J connectivity index is 1.93. The molecule has 1 aliphatic carbocycles. The number of nitrogens with one attached hydrogen (secondary N) is 1. The van der Waals surface area contributed by atoms with Crippen LogP contribution in [-0.2, 0) is 9.84 Å². The van der Waals surface area contributed by atoms with Crippen LogP contribution in [0.4, 0.5) is 5.95 Å². The quantitative estimate of drug-likeness (QED) is 0.466. The summed E-state index contributed by atoms with van der Waals surface area (Å²) in [6, 6.07) is 4.89. The van der Waals surface area contributed by atoms with Crippen LogP contribution in [0.2, 0.25) is 10.0 Å². The number of hydrogen-bond acceptors (Lipinski definition) is 7. The van der Waals surface area contributed by atoms with Gasteiger partial charge in [0.25, 0.3) is 0 Å². The first kappa shape index (κ1) is 21.5. The van der Waals surface area contributed by atoms with Gasteiger partial charge >= 0.3 is 0 Å². The smallest absolute Gasteiger partial charge is 0.222 e. The van der Waals surface area contributed by atoms with Gasteiger partial charge in [0, 0.05) is 29.7 Å². The van der Waals surface area contributed by atoms with Crippen molar-refractivity contribution in [2.24, 2.45) is 0 Å². The summed E-state index contributed by atoms with van der Waals surface area (Å²) in [6.45, 7) is 1.81. The summed E-state index contributed by atoms with van der Waals surface area (Å²) < 4.78 is 25.5. The van der Waals surface area contributed by atoms with Crippen molar-refractivity contribution in [2.45, 2.75) is 37.0 Å². The molecule has 0 radical (unpaired) electrons. The van der Waals surface area contributed by atoms with Crippen LogP contribution in [0.15, 0.2) is 29.3 Å². The Bertz CT molecular complexity index is 1210. The van der Waals surface area contributed by atoms with E-state index in [1.807, 2.05) is 13.0 Å². The zero-order valence-corrected chi connectivity index (χ0v) is 19.6. The molecule has 0 atom stereocenters. The molecule has 0 spiro atoms. The number of anilines is 1. The maximum Gasteiger partial charge on any atom is 0.222 e. The van der Waals surface area contributed by atoms with E-state index in [4.69, 9.17) is 28.2 Å². The molecule has 1 saturated carbocycles. The highest BCUT2D eigenvalue weighted by Gasteiger charge is 2.31. The van der Waals surface area contributed by atoms with Crippen molar-refractivity contribution in [1.82, 2.24) is 15.0 Å². The minimum Gasteiger partial charge on any atom is -0.357 e. The Labute approximate surface area is 189 Å². The topological polar surface area (TPSA) is 84.8 Å². The summed E-state index contributed by atoms with van der Waals surface area (Å²) >= 11 is 14.5. The zero-order valence-electron chi connectivity index (χ0n) is 16.4. The van der Waals surface area contributed by atoms with Crippen molar-refractivity contribution in [1.29, 1.82) is 0 Å². The molecule has 6 nitrogen and oxygen atoms in total. The lowest BCUT2D eigenvalue weighted by Gasteiger charge is -2.11. The highest BCUT2D eigenvalue weighted by atomic mass is 35.5. The first-order valence-corrected chi connectivity index (χ1v) is 12.8. The molecule has 158 valence electrons. The van der Waals surface area contributed by atoms with Crippen molar-refractivity contribution < 1.29 is 8.42 Å². The molecule has 0 saturated heterocycles. The predicted molar refractivity (Wildman–Crippen MR) is 122 cm³/mol. The van der Waals surface area contributed by atoms with E-state index >= 15 is 0 Å². The molecule has 4 rings (SSSR count). The van der Waals surface area contributed by atoms with E-state index in [1.54, 1.807) is 30.6 Å². The van der Waals surface area contributed by atoms with Gasteiger partial charge < -0.3 is 5.32 Å². The lowest BCUT2D eigenvalue weighted by atomic mass is 10.1. The van der Waals surface area contributed by atoms with E-state index < -0.39 is 9.84 Å². The van der Waals surface area contributed by atoms with E-state index in [2.05, 4.69) is 15.3 Å². The third-order valence-electron chi connectivity index (χ3n) is 4.75. The van der Waals surface area contributed by atoms with Crippen molar-refractivity contribution in [3.63, 3.8) is 0 Å². The Morgan fingerprint density at radius 1 is 1.23 bits per heavy atom. The van der Waals surface area contributed by atoms with Crippen LogP contribution in [0.3, 0.4) is 0 Å². The average Bonchev–Trinajstić information content (AvgIpc) is 3.48. The van der Waals surface area contributed by atoms with E-state index in [-0.39, 0.29) is 15.7 Å². The van der Waals surface area contributed by atoms with Gasteiger partial charge in [-0.05, 0) is 37.5 Å². The molecule has 0 amide bonds. The second kappa shape index (κ2) is 8.42. The molecule has 2 heterocycles. The predicted octanol–water partition coefficient (Wildman–Crippen LogP) is 5.68. The van der Waals surface area contributed by atoms with E-state index in [0.29, 0.717) is 40.3 Å². The fraction of sp³-hybridized carbons (Fsp3) is 0.350. The van der Waals surface area contributed by atoms with Gasteiger partial charge in [-0.2, -0.15) is 0 Å². The second-order valence-corrected chi connectivity index (χ2v) is 11.0. The third kappa shape index (κ3) is 4.19. The lowest BCUT2D eigenvalue weighted by Crippen LogP contribution is -2.07. The van der Waals surface area contributed by atoms with Crippen LogP contribution in [0.5, 0.6) is 0 Å². The number of nitrogens with zero attached hydrogens (tertiary/aromatic N) is 3. The van der Waals surface area contributed by atoms with Crippen molar-refractivity contribution in [2.75, 3.05) is 18.1 Å². The Morgan fingerprint density at radius 3 is 2.67 bits per heavy atom. The molecule has 10 heteroatoms. The molecule has 0 aliphatic heterocycles. The standard InChI is InChI=1S/C20H20Cl2N4O2S2/c1-3-8-30(27,28)15-10-12(21)9-13(16(15)22)17-18(29-19(26-17)11-4-5-11)14-6-7-24-20(23-2)25-14/h6-7,9-11H,3-5,8H2,1-2H3,(H,23,24,25). The van der Waals surface area contributed by atoms with Crippen molar-refractivity contribution in [3.8, 4) is 21.8 Å². The highest BCUT2D eigenvalue weighted by Crippen LogP contribution is 2.48. The number of aromatic nitrogens is 3. The number of hydrogen-bond donors (Lipinski definition) is 1.